The van der Waals surface area contributed by atoms with E-state index >= 15 is 0 Å². The third-order valence-electron chi connectivity index (χ3n) is 6.05. The molecule has 0 fully saturated rings. The molecule has 0 saturated heterocycles. The molecule has 0 amide bonds. The fourth-order valence-electron chi connectivity index (χ4n) is 4.51. The Balaban J connectivity index is 2.03. The normalized spacial score (nSPS) is 26.0. The van der Waals surface area contributed by atoms with Gasteiger partial charge in [0, 0.05) is 17.4 Å². The van der Waals surface area contributed by atoms with Gasteiger partial charge in [-0.25, -0.2) is 0 Å². The number of hydrogen-bond acceptors (Lipinski definition) is 2. The summed E-state index contributed by atoms with van der Waals surface area (Å²) in [5, 5.41) is 10.8. The van der Waals surface area contributed by atoms with Crippen LogP contribution in [-0.2, 0) is 0 Å². The van der Waals surface area contributed by atoms with Gasteiger partial charge in [0.15, 0.2) is 0 Å². The largest absolute Gasteiger partial charge is 0.507 e. The lowest BCUT2D eigenvalue weighted by Gasteiger charge is -2.46. The van der Waals surface area contributed by atoms with Gasteiger partial charge in [0.25, 0.3) is 0 Å². The quantitative estimate of drug-likeness (QED) is 0.657. The van der Waals surface area contributed by atoms with Crippen molar-refractivity contribution in [2.75, 3.05) is 0 Å². The Hall–Kier alpha value is -1.44. The second-order valence-electron chi connectivity index (χ2n) is 8.38. The predicted molar refractivity (Wildman–Crippen MR) is 100.0 cm³/mol. The summed E-state index contributed by atoms with van der Waals surface area (Å²) in [4.78, 5) is 0. The van der Waals surface area contributed by atoms with E-state index in [1.807, 2.05) is 6.07 Å². The number of hydrogen-bond donors (Lipinski definition) is 1. The molecular weight excluding hydrogens is 296 g/mol. The van der Waals surface area contributed by atoms with Gasteiger partial charge in [-0.1, -0.05) is 38.3 Å². The average Bonchev–Trinajstić information content (AvgIpc) is 2.50. The van der Waals surface area contributed by atoms with E-state index in [-0.39, 0.29) is 11.5 Å². The molecule has 0 spiro atoms. The first-order valence-electron chi connectivity index (χ1n) is 9.56. The van der Waals surface area contributed by atoms with Crippen LogP contribution in [0.5, 0.6) is 11.5 Å². The van der Waals surface area contributed by atoms with Crippen LogP contribution >= 0.6 is 0 Å². The van der Waals surface area contributed by atoms with Crippen molar-refractivity contribution in [1.29, 1.82) is 0 Å². The second kappa shape index (κ2) is 6.46. The molecule has 132 valence electrons. The average molecular weight is 328 g/mol. The van der Waals surface area contributed by atoms with Crippen molar-refractivity contribution in [3.8, 4) is 11.5 Å². The first kappa shape index (κ1) is 17.4. The summed E-state index contributed by atoms with van der Waals surface area (Å²) in [7, 11) is 0. The highest BCUT2D eigenvalue weighted by atomic mass is 16.5. The molecule has 1 aliphatic heterocycles. The molecule has 24 heavy (non-hydrogen) atoms. The minimum atomic E-state index is -0.188. The van der Waals surface area contributed by atoms with Crippen LogP contribution in [0.1, 0.15) is 89.7 Å². The Bertz CT molecular complexity index is 642. The Labute approximate surface area is 146 Å². The molecule has 3 unspecified atom stereocenters. The number of phenols is 1. The molecule has 1 N–H and O–H groups in total. The van der Waals surface area contributed by atoms with E-state index in [0.29, 0.717) is 17.6 Å². The molecule has 0 aromatic heterocycles. The zero-order valence-electron chi connectivity index (χ0n) is 15.9. The Kier molecular flexibility index (Phi) is 4.68. The third kappa shape index (κ3) is 3.08. The Morgan fingerprint density at radius 1 is 1.33 bits per heavy atom. The number of allylic oxidation sites excluding steroid dienone is 2. The first-order valence-corrected chi connectivity index (χ1v) is 9.56. The summed E-state index contributed by atoms with van der Waals surface area (Å²) in [5.74, 6) is 2.47. The number of phenolic OH excluding ortho intramolecular Hbond substituents is 1. The van der Waals surface area contributed by atoms with Crippen LogP contribution in [0.25, 0.3) is 0 Å². The highest BCUT2D eigenvalue weighted by Gasteiger charge is 2.45. The van der Waals surface area contributed by atoms with Crippen molar-refractivity contribution in [3.63, 3.8) is 0 Å². The molecule has 1 aromatic carbocycles. The van der Waals surface area contributed by atoms with Crippen molar-refractivity contribution < 1.29 is 9.84 Å². The summed E-state index contributed by atoms with van der Waals surface area (Å²) < 4.78 is 6.41. The summed E-state index contributed by atoms with van der Waals surface area (Å²) in [6, 6.07) is 4.17. The van der Waals surface area contributed by atoms with Crippen LogP contribution in [0.2, 0.25) is 0 Å². The first-order chi connectivity index (χ1) is 11.3. The molecule has 1 heterocycles. The third-order valence-corrected chi connectivity index (χ3v) is 6.05. The lowest BCUT2D eigenvalue weighted by molar-refractivity contribution is 0.0107. The van der Waals surface area contributed by atoms with Crippen molar-refractivity contribution in [2.24, 2.45) is 5.92 Å². The molecular formula is C22H32O2. The number of aromatic hydroxyl groups is 1. The lowest BCUT2D eigenvalue weighted by Crippen LogP contribution is -2.45. The SMILES string of the molecule is CCCCC(C)c1cc(O)c2c(c1)OC(C)(C)C1CCC(C)=CC21. The Morgan fingerprint density at radius 2 is 2.08 bits per heavy atom. The minimum absolute atomic E-state index is 0.188. The van der Waals surface area contributed by atoms with E-state index in [2.05, 4.69) is 46.8 Å². The van der Waals surface area contributed by atoms with E-state index in [4.69, 9.17) is 4.74 Å². The number of benzene rings is 1. The maximum Gasteiger partial charge on any atom is 0.127 e. The van der Waals surface area contributed by atoms with Gasteiger partial charge in [0.1, 0.15) is 17.1 Å². The molecule has 1 aromatic rings. The van der Waals surface area contributed by atoms with Crippen LogP contribution < -0.4 is 4.74 Å². The molecule has 2 heteroatoms. The zero-order valence-corrected chi connectivity index (χ0v) is 15.9. The maximum absolute atomic E-state index is 10.8. The van der Waals surface area contributed by atoms with E-state index in [1.54, 1.807) is 0 Å². The Morgan fingerprint density at radius 3 is 2.79 bits per heavy atom. The second-order valence-corrected chi connectivity index (χ2v) is 8.38. The molecule has 3 rings (SSSR count). The van der Waals surface area contributed by atoms with E-state index in [1.165, 1.54) is 24.0 Å². The number of fused-ring (bicyclic) bond motifs is 3. The van der Waals surface area contributed by atoms with Gasteiger partial charge in [0.2, 0.25) is 0 Å². The topological polar surface area (TPSA) is 29.5 Å². The van der Waals surface area contributed by atoms with E-state index in [0.717, 1.165) is 30.6 Å². The molecule has 0 radical (unpaired) electrons. The van der Waals surface area contributed by atoms with Gasteiger partial charge in [-0.15, -0.1) is 0 Å². The number of rotatable bonds is 4. The summed E-state index contributed by atoms with van der Waals surface area (Å²) in [6.45, 7) is 11.1. The summed E-state index contributed by atoms with van der Waals surface area (Å²) >= 11 is 0. The highest BCUT2D eigenvalue weighted by Crippen LogP contribution is 2.53. The monoisotopic (exact) mass is 328 g/mol. The number of ether oxygens (including phenoxy) is 1. The van der Waals surface area contributed by atoms with Gasteiger partial charge >= 0.3 is 0 Å². The predicted octanol–water partition coefficient (Wildman–Crippen LogP) is 6.30. The van der Waals surface area contributed by atoms with Crippen LogP contribution in [0, 0.1) is 5.92 Å². The standard InChI is InChI=1S/C22H32O2/c1-6-7-8-15(3)16-12-19(23)21-17-11-14(2)9-10-18(17)22(4,5)24-20(21)13-16/h11-13,15,17-18,23H,6-10H2,1-5H3. The van der Waals surface area contributed by atoms with Gasteiger partial charge in [0.05, 0.1) is 0 Å². The summed E-state index contributed by atoms with van der Waals surface area (Å²) in [5.41, 5.74) is 3.45. The molecule has 2 aliphatic rings. The van der Waals surface area contributed by atoms with Gasteiger partial charge in [-0.2, -0.15) is 0 Å². The number of unbranched alkanes of at least 4 members (excludes halogenated alkanes) is 1. The van der Waals surface area contributed by atoms with Gasteiger partial charge in [-0.3, -0.25) is 0 Å². The van der Waals surface area contributed by atoms with Gasteiger partial charge < -0.3 is 9.84 Å². The van der Waals surface area contributed by atoms with Crippen LogP contribution in [0.15, 0.2) is 23.8 Å². The van der Waals surface area contributed by atoms with Gasteiger partial charge in [-0.05, 0) is 63.6 Å². The minimum Gasteiger partial charge on any atom is -0.507 e. The van der Waals surface area contributed by atoms with Crippen molar-refractivity contribution in [3.05, 3.63) is 34.9 Å². The molecule has 2 nitrogen and oxygen atoms in total. The fraction of sp³-hybridized carbons (Fsp3) is 0.636. The van der Waals surface area contributed by atoms with Crippen molar-refractivity contribution >= 4 is 0 Å². The molecule has 3 atom stereocenters. The highest BCUT2D eigenvalue weighted by molar-refractivity contribution is 5.54. The van der Waals surface area contributed by atoms with Crippen LogP contribution in [0.4, 0.5) is 0 Å². The van der Waals surface area contributed by atoms with E-state index < -0.39 is 0 Å². The van der Waals surface area contributed by atoms with Crippen molar-refractivity contribution in [1.82, 2.24) is 0 Å². The smallest absolute Gasteiger partial charge is 0.127 e. The summed E-state index contributed by atoms with van der Waals surface area (Å²) in [6.07, 6.45) is 8.21. The van der Waals surface area contributed by atoms with E-state index in [9.17, 15) is 5.11 Å². The zero-order chi connectivity index (χ0) is 17.5. The molecule has 1 aliphatic carbocycles. The van der Waals surface area contributed by atoms with Crippen LogP contribution in [-0.4, -0.2) is 10.7 Å². The van der Waals surface area contributed by atoms with Crippen LogP contribution in [0.3, 0.4) is 0 Å². The fourth-order valence-corrected chi connectivity index (χ4v) is 4.51. The van der Waals surface area contributed by atoms with Crippen molar-refractivity contribution in [2.45, 2.75) is 84.2 Å². The molecule has 0 saturated carbocycles. The molecule has 0 bridgehead atoms. The maximum atomic E-state index is 10.8. The lowest BCUT2D eigenvalue weighted by atomic mass is 9.68.